The molecule has 4 heteroatoms. The van der Waals surface area contributed by atoms with Crippen molar-refractivity contribution in [3.8, 4) is 0 Å². The molecule has 0 aliphatic carbocycles. The van der Waals surface area contributed by atoms with E-state index in [0.717, 1.165) is 23.1 Å². The second-order valence-corrected chi connectivity index (χ2v) is 5.87. The summed E-state index contributed by atoms with van der Waals surface area (Å²) in [7, 11) is 1.71. The van der Waals surface area contributed by atoms with Gasteiger partial charge in [0.2, 0.25) is 0 Å². The third-order valence-corrected chi connectivity index (χ3v) is 3.99. The largest absolute Gasteiger partial charge is 0.385 e. The lowest BCUT2D eigenvalue weighted by Gasteiger charge is -2.29. The van der Waals surface area contributed by atoms with Crippen molar-refractivity contribution in [3.05, 3.63) is 34.3 Å². The number of hydrogen-bond acceptors (Lipinski definition) is 3. The van der Waals surface area contributed by atoms with Crippen LogP contribution in [0.1, 0.15) is 32.3 Å². The van der Waals surface area contributed by atoms with E-state index in [-0.39, 0.29) is 0 Å². The standard InChI is InChI=1S/C15H24BrNO2/c1-4-15(18,11-17-12(2)9-10-19-3)13-5-7-14(16)8-6-13/h5-8,12,17-18H,4,9-11H2,1-3H3. The Balaban J connectivity index is 2.62. The molecule has 0 fully saturated rings. The minimum absolute atomic E-state index is 0.327. The monoisotopic (exact) mass is 329 g/mol. The summed E-state index contributed by atoms with van der Waals surface area (Å²) < 4.78 is 6.09. The van der Waals surface area contributed by atoms with Crippen LogP contribution in [0.2, 0.25) is 0 Å². The van der Waals surface area contributed by atoms with E-state index in [1.807, 2.05) is 31.2 Å². The van der Waals surface area contributed by atoms with E-state index in [2.05, 4.69) is 28.2 Å². The Morgan fingerprint density at radius 2 is 2.00 bits per heavy atom. The maximum atomic E-state index is 10.7. The molecule has 0 heterocycles. The highest BCUT2D eigenvalue weighted by Crippen LogP contribution is 2.25. The number of rotatable bonds is 8. The SMILES string of the molecule is CCC(O)(CNC(C)CCOC)c1ccc(Br)cc1. The Labute approximate surface area is 124 Å². The third-order valence-electron chi connectivity index (χ3n) is 3.46. The maximum Gasteiger partial charge on any atom is 0.102 e. The maximum absolute atomic E-state index is 10.7. The Bertz CT molecular complexity index is 369. The van der Waals surface area contributed by atoms with Crippen LogP contribution in [0.4, 0.5) is 0 Å². The first-order chi connectivity index (χ1) is 9.01. The molecule has 2 atom stereocenters. The van der Waals surface area contributed by atoms with E-state index < -0.39 is 5.60 Å². The number of hydrogen-bond donors (Lipinski definition) is 2. The topological polar surface area (TPSA) is 41.5 Å². The Morgan fingerprint density at radius 3 is 2.53 bits per heavy atom. The second-order valence-electron chi connectivity index (χ2n) is 4.96. The van der Waals surface area contributed by atoms with E-state index in [1.54, 1.807) is 7.11 Å². The lowest BCUT2D eigenvalue weighted by Crippen LogP contribution is -2.41. The van der Waals surface area contributed by atoms with Gasteiger partial charge in [-0.2, -0.15) is 0 Å². The summed E-state index contributed by atoms with van der Waals surface area (Å²) >= 11 is 3.41. The molecule has 0 bridgehead atoms. The fraction of sp³-hybridized carbons (Fsp3) is 0.600. The van der Waals surface area contributed by atoms with Gasteiger partial charge in [0.15, 0.2) is 0 Å². The van der Waals surface area contributed by atoms with Crippen LogP contribution in [-0.2, 0) is 10.3 Å². The molecule has 19 heavy (non-hydrogen) atoms. The summed E-state index contributed by atoms with van der Waals surface area (Å²) in [6.07, 6.45) is 1.62. The van der Waals surface area contributed by atoms with E-state index in [9.17, 15) is 5.11 Å². The first kappa shape index (κ1) is 16.6. The van der Waals surface area contributed by atoms with Gasteiger partial charge in [0.25, 0.3) is 0 Å². The first-order valence-electron chi connectivity index (χ1n) is 6.72. The van der Waals surface area contributed by atoms with Gasteiger partial charge in [-0.05, 0) is 37.5 Å². The van der Waals surface area contributed by atoms with Crippen molar-refractivity contribution in [2.75, 3.05) is 20.3 Å². The summed E-state index contributed by atoms with van der Waals surface area (Å²) in [5, 5.41) is 14.1. The van der Waals surface area contributed by atoms with Crippen molar-refractivity contribution < 1.29 is 9.84 Å². The molecule has 1 aromatic carbocycles. The van der Waals surface area contributed by atoms with Crippen LogP contribution in [0, 0.1) is 0 Å². The summed E-state index contributed by atoms with van der Waals surface area (Å²) in [6, 6.07) is 8.19. The van der Waals surface area contributed by atoms with Gasteiger partial charge in [-0.15, -0.1) is 0 Å². The summed E-state index contributed by atoms with van der Waals surface area (Å²) in [5.74, 6) is 0. The molecule has 2 N–H and O–H groups in total. The van der Waals surface area contributed by atoms with E-state index in [4.69, 9.17) is 4.74 Å². The van der Waals surface area contributed by atoms with Gasteiger partial charge in [0.05, 0.1) is 0 Å². The van der Waals surface area contributed by atoms with E-state index in [1.165, 1.54) is 0 Å². The van der Waals surface area contributed by atoms with Crippen molar-refractivity contribution >= 4 is 15.9 Å². The minimum Gasteiger partial charge on any atom is -0.385 e. The van der Waals surface area contributed by atoms with E-state index in [0.29, 0.717) is 19.0 Å². The molecule has 108 valence electrons. The number of benzene rings is 1. The zero-order valence-electron chi connectivity index (χ0n) is 11.9. The summed E-state index contributed by atoms with van der Waals surface area (Å²) in [5.41, 5.74) is 0.131. The van der Waals surface area contributed by atoms with Crippen LogP contribution >= 0.6 is 15.9 Å². The highest BCUT2D eigenvalue weighted by atomic mass is 79.9. The van der Waals surface area contributed by atoms with Gasteiger partial charge in [-0.25, -0.2) is 0 Å². The van der Waals surface area contributed by atoms with Crippen LogP contribution in [0.5, 0.6) is 0 Å². The van der Waals surface area contributed by atoms with Crippen LogP contribution in [0.15, 0.2) is 28.7 Å². The predicted molar refractivity (Wildman–Crippen MR) is 82.3 cm³/mol. The van der Waals surface area contributed by atoms with Crippen molar-refractivity contribution in [3.63, 3.8) is 0 Å². The van der Waals surface area contributed by atoms with Gasteiger partial charge >= 0.3 is 0 Å². The molecule has 0 amide bonds. The second kappa shape index (κ2) is 8.00. The van der Waals surface area contributed by atoms with Crippen molar-refractivity contribution in [2.45, 2.75) is 38.3 Å². The van der Waals surface area contributed by atoms with Crippen LogP contribution in [0.3, 0.4) is 0 Å². The molecular weight excluding hydrogens is 306 g/mol. The summed E-state index contributed by atoms with van der Waals surface area (Å²) in [4.78, 5) is 0. The fourth-order valence-electron chi connectivity index (χ4n) is 1.93. The van der Waals surface area contributed by atoms with Gasteiger partial charge in [0, 0.05) is 30.8 Å². The van der Waals surface area contributed by atoms with Crippen LogP contribution in [-0.4, -0.2) is 31.4 Å². The average molecular weight is 330 g/mol. The van der Waals surface area contributed by atoms with Gasteiger partial charge in [-0.1, -0.05) is 35.0 Å². The molecule has 2 unspecified atom stereocenters. The first-order valence-corrected chi connectivity index (χ1v) is 7.52. The number of halogens is 1. The molecule has 0 aromatic heterocycles. The smallest absolute Gasteiger partial charge is 0.102 e. The zero-order chi connectivity index (χ0) is 14.3. The quantitative estimate of drug-likeness (QED) is 0.770. The fourth-order valence-corrected chi connectivity index (χ4v) is 2.20. The lowest BCUT2D eigenvalue weighted by atomic mass is 9.91. The normalized spacial score (nSPS) is 16.1. The van der Waals surface area contributed by atoms with Gasteiger partial charge in [0.1, 0.15) is 5.60 Å². The van der Waals surface area contributed by atoms with Gasteiger partial charge < -0.3 is 15.2 Å². The number of ether oxygens (including phenoxy) is 1. The molecule has 0 saturated heterocycles. The van der Waals surface area contributed by atoms with Gasteiger partial charge in [-0.3, -0.25) is 0 Å². The molecular formula is C15H24BrNO2. The number of methoxy groups -OCH3 is 1. The highest BCUT2D eigenvalue weighted by molar-refractivity contribution is 9.10. The molecule has 1 rings (SSSR count). The molecule has 3 nitrogen and oxygen atoms in total. The molecule has 0 saturated carbocycles. The highest BCUT2D eigenvalue weighted by Gasteiger charge is 2.27. The van der Waals surface area contributed by atoms with E-state index >= 15 is 0 Å². The van der Waals surface area contributed by atoms with Crippen molar-refractivity contribution in [1.29, 1.82) is 0 Å². The lowest BCUT2D eigenvalue weighted by molar-refractivity contribution is 0.0292. The molecule has 0 aliphatic rings. The Kier molecular flexibility index (Phi) is 7.00. The molecule has 0 spiro atoms. The molecule has 0 aliphatic heterocycles. The minimum atomic E-state index is -0.817. The predicted octanol–water partition coefficient (Wildman–Crippen LogP) is 3.06. The average Bonchev–Trinajstić information content (AvgIpc) is 2.43. The van der Waals surface area contributed by atoms with Crippen LogP contribution in [0.25, 0.3) is 0 Å². The number of nitrogens with one attached hydrogen (secondary N) is 1. The summed E-state index contributed by atoms with van der Waals surface area (Å²) in [6.45, 7) is 5.40. The zero-order valence-corrected chi connectivity index (χ0v) is 13.5. The third kappa shape index (κ3) is 5.22. The Morgan fingerprint density at radius 1 is 1.37 bits per heavy atom. The Hall–Kier alpha value is -0.420. The van der Waals surface area contributed by atoms with Crippen LogP contribution < -0.4 is 5.32 Å². The van der Waals surface area contributed by atoms with Crippen molar-refractivity contribution in [2.24, 2.45) is 0 Å². The van der Waals surface area contributed by atoms with Crippen molar-refractivity contribution in [1.82, 2.24) is 5.32 Å². The molecule has 0 radical (unpaired) electrons. The number of aliphatic hydroxyl groups is 1. The molecule has 1 aromatic rings.